The quantitative estimate of drug-likeness (QED) is 0.823. The molecule has 0 aromatic carbocycles. The predicted octanol–water partition coefficient (Wildman–Crippen LogP) is 2.51. The summed E-state index contributed by atoms with van der Waals surface area (Å²) in [5.41, 5.74) is 0.524. The third-order valence-electron chi connectivity index (χ3n) is 2.65. The Hall–Kier alpha value is -1.73. The average Bonchev–Trinajstić information content (AvgIpc) is 2.94. The lowest BCUT2D eigenvalue weighted by Crippen LogP contribution is -2.33. The normalized spacial score (nSPS) is 20.2. The highest BCUT2D eigenvalue weighted by Gasteiger charge is 2.35. The lowest BCUT2D eigenvalue weighted by atomic mass is 10.1. The van der Waals surface area contributed by atoms with E-state index >= 15 is 0 Å². The van der Waals surface area contributed by atoms with E-state index in [1.54, 1.807) is 6.07 Å². The summed E-state index contributed by atoms with van der Waals surface area (Å²) in [6.07, 6.45) is -2.81. The maximum absolute atomic E-state index is 12.0. The molecule has 0 spiro atoms. The maximum Gasteiger partial charge on any atom is 0.422 e. The molecule has 100 valence electrons. The number of nitrogens with zero attached hydrogens (tertiary/aromatic N) is 2. The Balaban J connectivity index is 1.97. The second kappa shape index (κ2) is 4.87. The van der Waals surface area contributed by atoms with Crippen molar-refractivity contribution < 1.29 is 27.2 Å². The van der Waals surface area contributed by atoms with Gasteiger partial charge < -0.3 is 9.26 Å². The lowest BCUT2D eigenvalue weighted by molar-refractivity contribution is -0.162. The molecule has 1 aliphatic rings. The van der Waals surface area contributed by atoms with Crippen LogP contribution in [0.4, 0.5) is 18.0 Å². The van der Waals surface area contributed by atoms with Crippen LogP contribution in [0.25, 0.3) is 0 Å². The molecule has 1 fully saturated rings. The largest absolute Gasteiger partial charge is 0.440 e. The molecule has 0 N–H and O–H groups in total. The Labute approximate surface area is 100 Å². The molecule has 0 aliphatic carbocycles. The molecule has 1 saturated heterocycles. The predicted molar refractivity (Wildman–Crippen MR) is 52.6 cm³/mol. The summed E-state index contributed by atoms with van der Waals surface area (Å²) in [7, 11) is 0. The molecule has 2 rings (SSSR count). The zero-order chi connectivity index (χ0) is 13.2. The van der Waals surface area contributed by atoms with Gasteiger partial charge in [-0.15, -0.1) is 0 Å². The van der Waals surface area contributed by atoms with Crippen molar-refractivity contribution in [3.8, 4) is 0 Å². The van der Waals surface area contributed by atoms with E-state index in [9.17, 15) is 18.0 Å². The summed E-state index contributed by atoms with van der Waals surface area (Å²) in [5.74, 6) is 0. The van der Waals surface area contributed by atoms with Crippen LogP contribution in [-0.2, 0) is 4.74 Å². The van der Waals surface area contributed by atoms with Crippen LogP contribution in [0.15, 0.2) is 16.9 Å². The second-order valence-corrected chi connectivity index (χ2v) is 3.95. The van der Waals surface area contributed by atoms with Crippen LogP contribution in [0.3, 0.4) is 0 Å². The monoisotopic (exact) mass is 264 g/mol. The molecule has 8 heteroatoms. The van der Waals surface area contributed by atoms with E-state index in [0.717, 1.165) is 0 Å². The fourth-order valence-electron chi connectivity index (χ4n) is 1.91. The molecular weight excluding hydrogens is 253 g/mol. The van der Waals surface area contributed by atoms with Crippen molar-refractivity contribution in [1.29, 1.82) is 0 Å². The molecule has 0 bridgehead atoms. The van der Waals surface area contributed by atoms with Crippen molar-refractivity contribution in [1.82, 2.24) is 10.1 Å². The molecule has 0 radical (unpaired) electrons. The Kier molecular flexibility index (Phi) is 3.44. The van der Waals surface area contributed by atoms with Gasteiger partial charge >= 0.3 is 12.3 Å². The number of carbonyl (C=O) groups is 1. The van der Waals surface area contributed by atoms with Crippen molar-refractivity contribution in [2.45, 2.75) is 25.1 Å². The van der Waals surface area contributed by atoms with Gasteiger partial charge in [0.15, 0.2) is 6.61 Å². The first kappa shape index (κ1) is 12.7. The maximum atomic E-state index is 12.0. The highest BCUT2D eigenvalue weighted by atomic mass is 19.4. The molecule has 5 nitrogen and oxygen atoms in total. The third kappa shape index (κ3) is 2.93. The molecule has 1 amide bonds. The number of halogens is 3. The number of rotatable bonds is 2. The van der Waals surface area contributed by atoms with Gasteiger partial charge in [-0.2, -0.15) is 13.2 Å². The number of likely N-dealkylation sites (tertiary alicyclic amines) is 1. The van der Waals surface area contributed by atoms with Gasteiger partial charge in [-0.25, -0.2) is 4.79 Å². The smallest absolute Gasteiger partial charge is 0.422 e. The van der Waals surface area contributed by atoms with Crippen LogP contribution in [0.2, 0.25) is 0 Å². The number of hydrogen-bond acceptors (Lipinski definition) is 4. The lowest BCUT2D eigenvalue weighted by Gasteiger charge is -2.22. The van der Waals surface area contributed by atoms with Crippen LogP contribution in [-0.4, -0.2) is 35.5 Å². The van der Waals surface area contributed by atoms with E-state index < -0.39 is 18.9 Å². The molecule has 1 aliphatic heterocycles. The molecular formula is C10H11F3N2O3. The van der Waals surface area contributed by atoms with Crippen molar-refractivity contribution in [3.05, 3.63) is 18.0 Å². The van der Waals surface area contributed by atoms with Crippen molar-refractivity contribution in [2.24, 2.45) is 0 Å². The van der Waals surface area contributed by atoms with Gasteiger partial charge in [0.25, 0.3) is 0 Å². The summed E-state index contributed by atoms with van der Waals surface area (Å²) < 4.78 is 44.7. The first-order valence-electron chi connectivity index (χ1n) is 5.38. The van der Waals surface area contributed by atoms with Crippen LogP contribution in [0, 0.1) is 0 Å². The minimum atomic E-state index is -4.52. The fraction of sp³-hybridized carbons (Fsp3) is 0.600. The number of carbonyl (C=O) groups excluding carboxylic acids is 1. The minimum Gasteiger partial charge on any atom is -0.440 e. The summed E-state index contributed by atoms with van der Waals surface area (Å²) in [6.45, 7) is -1.22. The number of ether oxygens (including phenoxy) is 1. The van der Waals surface area contributed by atoms with E-state index in [4.69, 9.17) is 0 Å². The number of hydrogen-bond donors (Lipinski definition) is 0. The van der Waals surface area contributed by atoms with Gasteiger partial charge in [0.05, 0.1) is 6.04 Å². The summed E-state index contributed by atoms with van der Waals surface area (Å²) in [4.78, 5) is 12.8. The first-order valence-corrected chi connectivity index (χ1v) is 5.38. The molecule has 0 saturated carbocycles. The first-order chi connectivity index (χ1) is 8.47. The SMILES string of the molecule is O=C(OCC(F)(F)F)N1CCC[C@@H]1c1ccon1. The molecule has 2 heterocycles. The molecule has 1 aromatic rings. The third-order valence-corrected chi connectivity index (χ3v) is 2.65. The van der Waals surface area contributed by atoms with E-state index in [2.05, 4.69) is 14.4 Å². The Morgan fingerprint density at radius 2 is 2.39 bits per heavy atom. The van der Waals surface area contributed by atoms with Gasteiger partial charge in [0.1, 0.15) is 12.0 Å². The Morgan fingerprint density at radius 1 is 1.61 bits per heavy atom. The van der Waals surface area contributed by atoms with E-state index in [-0.39, 0.29) is 6.04 Å². The van der Waals surface area contributed by atoms with Crippen molar-refractivity contribution >= 4 is 6.09 Å². The van der Waals surface area contributed by atoms with Crippen LogP contribution in [0.1, 0.15) is 24.6 Å². The Bertz CT molecular complexity index is 405. The van der Waals surface area contributed by atoms with Gasteiger partial charge in [-0.1, -0.05) is 5.16 Å². The molecule has 1 atom stereocenters. The highest BCUT2D eigenvalue weighted by Crippen LogP contribution is 2.31. The summed E-state index contributed by atoms with van der Waals surface area (Å²) >= 11 is 0. The van der Waals surface area contributed by atoms with Gasteiger partial charge in [-0.3, -0.25) is 4.90 Å². The van der Waals surface area contributed by atoms with Gasteiger partial charge in [0.2, 0.25) is 0 Å². The van der Waals surface area contributed by atoms with E-state index in [0.29, 0.717) is 25.1 Å². The van der Waals surface area contributed by atoms with E-state index in [1.165, 1.54) is 11.2 Å². The topological polar surface area (TPSA) is 55.6 Å². The van der Waals surface area contributed by atoms with Crippen LogP contribution < -0.4 is 0 Å². The second-order valence-electron chi connectivity index (χ2n) is 3.95. The fourth-order valence-corrected chi connectivity index (χ4v) is 1.91. The average molecular weight is 264 g/mol. The molecule has 18 heavy (non-hydrogen) atoms. The zero-order valence-corrected chi connectivity index (χ0v) is 9.31. The minimum absolute atomic E-state index is 0.355. The van der Waals surface area contributed by atoms with Crippen molar-refractivity contribution in [3.63, 3.8) is 0 Å². The van der Waals surface area contributed by atoms with Crippen LogP contribution in [0.5, 0.6) is 0 Å². The summed E-state index contributed by atoms with van der Waals surface area (Å²) in [6, 6.07) is 1.21. The van der Waals surface area contributed by atoms with Crippen LogP contribution >= 0.6 is 0 Å². The van der Waals surface area contributed by atoms with Gasteiger partial charge in [0, 0.05) is 12.6 Å². The highest BCUT2D eigenvalue weighted by molar-refractivity contribution is 5.68. The number of amides is 1. The molecule has 0 unspecified atom stereocenters. The number of aromatic nitrogens is 1. The number of alkyl halides is 3. The summed E-state index contributed by atoms with van der Waals surface area (Å²) in [5, 5.41) is 3.69. The van der Waals surface area contributed by atoms with Gasteiger partial charge in [-0.05, 0) is 12.8 Å². The molecule has 1 aromatic heterocycles. The van der Waals surface area contributed by atoms with E-state index in [1.807, 2.05) is 0 Å². The standard InChI is InChI=1S/C10H11F3N2O3/c11-10(12,13)6-17-9(16)15-4-1-2-8(15)7-3-5-18-14-7/h3,5,8H,1-2,4,6H2/t8-/m1/s1. The van der Waals surface area contributed by atoms with Crippen molar-refractivity contribution in [2.75, 3.05) is 13.2 Å². The Morgan fingerprint density at radius 3 is 3.00 bits per heavy atom. The zero-order valence-electron chi connectivity index (χ0n) is 9.31.